The Morgan fingerprint density at radius 3 is 2.63 bits per heavy atom. The monoisotopic (exact) mass is 313 g/mol. The third-order valence-electron chi connectivity index (χ3n) is 2.38. The van der Waals surface area contributed by atoms with Crippen LogP contribution in [0.15, 0.2) is 46.2 Å². The van der Waals surface area contributed by atoms with Crippen molar-refractivity contribution >= 4 is 46.6 Å². The second kappa shape index (κ2) is 5.74. The maximum Gasteiger partial charge on any atom is 0.336 e. The molecule has 0 saturated carbocycles. The Morgan fingerprint density at radius 1 is 1.21 bits per heavy atom. The summed E-state index contributed by atoms with van der Waals surface area (Å²) < 4.78 is 0. The van der Waals surface area contributed by atoms with Gasteiger partial charge < -0.3 is 10.8 Å². The zero-order valence-corrected chi connectivity index (χ0v) is 11.9. The Morgan fingerprint density at radius 2 is 1.95 bits per heavy atom. The van der Waals surface area contributed by atoms with Crippen LogP contribution in [0.4, 0.5) is 5.69 Å². The highest BCUT2D eigenvalue weighted by Gasteiger charge is 2.15. The molecule has 0 unspecified atom stereocenters. The molecule has 2 rings (SSSR count). The van der Waals surface area contributed by atoms with Crippen molar-refractivity contribution in [2.24, 2.45) is 0 Å². The average molecular weight is 314 g/mol. The molecule has 0 aliphatic heterocycles. The van der Waals surface area contributed by atoms with E-state index in [-0.39, 0.29) is 5.56 Å². The highest BCUT2D eigenvalue weighted by Crippen LogP contribution is 2.39. The lowest BCUT2D eigenvalue weighted by molar-refractivity contribution is 0.0693. The highest BCUT2D eigenvalue weighted by molar-refractivity contribution is 7.99. The molecule has 0 radical (unpaired) electrons. The summed E-state index contributed by atoms with van der Waals surface area (Å²) >= 11 is 13.2. The number of hydrogen-bond donors (Lipinski definition) is 2. The van der Waals surface area contributed by atoms with Gasteiger partial charge in [-0.1, -0.05) is 41.0 Å². The van der Waals surface area contributed by atoms with Gasteiger partial charge in [0.25, 0.3) is 0 Å². The average Bonchev–Trinajstić information content (AvgIpc) is 2.35. The first kappa shape index (κ1) is 14.1. The van der Waals surface area contributed by atoms with E-state index in [1.807, 2.05) is 0 Å². The Bertz CT molecular complexity index is 647. The SMILES string of the molecule is Nc1cccc(C(=O)O)c1Sc1cc(Cl)ccc1Cl. The first-order chi connectivity index (χ1) is 8.99. The number of halogens is 2. The van der Waals surface area contributed by atoms with E-state index < -0.39 is 5.97 Å². The summed E-state index contributed by atoms with van der Waals surface area (Å²) in [6.45, 7) is 0. The Hall–Kier alpha value is -1.36. The second-order valence-electron chi connectivity index (χ2n) is 3.71. The Kier molecular flexibility index (Phi) is 4.24. The molecule has 0 amide bonds. The number of nitrogens with two attached hydrogens (primary N) is 1. The minimum Gasteiger partial charge on any atom is -0.478 e. The molecule has 0 aliphatic rings. The number of aromatic carboxylic acids is 1. The molecule has 0 fully saturated rings. The van der Waals surface area contributed by atoms with Gasteiger partial charge in [0.15, 0.2) is 0 Å². The predicted octanol–water partition coefficient (Wildman–Crippen LogP) is 4.43. The molecule has 0 saturated heterocycles. The van der Waals surface area contributed by atoms with E-state index in [4.69, 9.17) is 34.0 Å². The molecule has 2 aromatic rings. The van der Waals surface area contributed by atoms with E-state index in [1.165, 1.54) is 17.8 Å². The Labute approximate surface area is 124 Å². The lowest BCUT2D eigenvalue weighted by Gasteiger charge is -2.10. The van der Waals surface area contributed by atoms with Crippen LogP contribution in [0.3, 0.4) is 0 Å². The van der Waals surface area contributed by atoms with Gasteiger partial charge in [-0.3, -0.25) is 0 Å². The van der Waals surface area contributed by atoms with E-state index in [0.29, 0.717) is 25.5 Å². The molecule has 0 aromatic heterocycles. The predicted molar refractivity (Wildman–Crippen MR) is 78.4 cm³/mol. The molecule has 0 aliphatic carbocycles. The topological polar surface area (TPSA) is 63.3 Å². The van der Waals surface area contributed by atoms with Crippen LogP contribution in [0.2, 0.25) is 10.0 Å². The first-order valence-electron chi connectivity index (χ1n) is 5.23. The fraction of sp³-hybridized carbons (Fsp3) is 0. The van der Waals surface area contributed by atoms with Crippen LogP contribution in [-0.4, -0.2) is 11.1 Å². The molecule has 19 heavy (non-hydrogen) atoms. The van der Waals surface area contributed by atoms with Crippen molar-refractivity contribution in [3.8, 4) is 0 Å². The van der Waals surface area contributed by atoms with Crippen molar-refractivity contribution in [1.82, 2.24) is 0 Å². The summed E-state index contributed by atoms with van der Waals surface area (Å²) in [5.41, 5.74) is 6.36. The van der Waals surface area contributed by atoms with Gasteiger partial charge >= 0.3 is 5.97 Å². The summed E-state index contributed by atoms with van der Waals surface area (Å²) in [6.07, 6.45) is 0. The number of carboxylic acids is 1. The molecule has 3 nitrogen and oxygen atoms in total. The third-order valence-corrected chi connectivity index (χ3v) is 4.28. The number of rotatable bonds is 3. The normalized spacial score (nSPS) is 10.4. The molecule has 0 spiro atoms. The zero-order valence-electron chi connectivity index (χ0n) is 9.56. The van der Waals surface area contributed by atoms with Crippen LogP contribution in [0, 0.1) is 0 Å². The van der Waals surface area contributed by atoms with Gasteiger partial charge in [0.2, 0.25) is 0 Å². The molecule has 0 atom stereocenters. The van der Waals surface area contributed by atoms with Crippen molar-refractivity contribution in [2.45, 2.75) is 9.79 Å². The molecule has 6 heteroatoms. The summed E-state index contributed by atoms with van der Waals surface area (Å²) in [4.78, 5) is 12.3. The van der Waals surface area contributed by atoms with Crippen LogP contribution in [0.1, 0.15) is 10.4 Å². The van der Waals surface area contributed by atoms with Gasteiger partial charge in [-0.2, -0.15) is 0 Å². The maximum absolute atomic E-state index is 11.2. The second-order valence-corrected chi connectivity index (χ2v) is 5.60. The van der Waals surface area contributed by atoms with Gasteiger partial charge in [0, 0.05) is 20.5 Å². The van der Waals surface area contributed by atoms with Crippen LogP contribution in [0.5, 0.6) is 0 Å². The molecular weight excluding hydrogens is 305 g/mol. The lowest BCUT2D eigenvalue weighted by atomic mass is 10.2. The third kappa shape index (κ3) is 3.15. The number of anilines is 1. The minimum atomic E-state index is -1.03. The quantitative estimate of drug-likeness (QED) is 0.823. The number of carboxylic acid groups (broad SMARTS) is 1. The number of hydrogen-bond acceptors (Lipinski definition) is 3. The van der Waals surface area contributed by atoms with Crippen LogP contribution >= 0.6 is 35.0 Å². The van der Waals surface area contributed by atoms with Crippen LogP contribution in [0.25, 0.3) is 0 Å². The van der Waals surface area contributed by atoms with E-state index in [0.717, 1.165) is 0 Å². The fourth-order valence-electron chi connectivity index (χ4n) is 1.50. The van der Waals surface area contributed by atoms with Crippen LogP contribution in [-0.2, 0) is 0 Å². The van der Waals surface area contributed by atoms with Gasteiger partial charge in [0.05, 0.1) is 10.6 Å². The largest absolute Gasteiger partial charge is 0.478 e. The lowest BCUT2D eigenvalue weighted by Crippen LogP contribution is -2.01. The van der Waals surface area contributed by atoms with E-state index >= 15 is 0 Å². The number of nitrogen functional groups attached to an aromatic ring is 1. The number of benzene rings is 2. The van der Waals surface area contributed by atoms with Crippen molar-refractivity contribution < 1.29 is 9.90 Å². The first-order valence-corrected chi connectivity index (χ1v) is 6.81. The zero-order chi connectivity index (χ0) is 14.0. The number of carbonyl (C=O) groups is 1. The summed E-state index contributed by atoms with van der Waals surface area (Å²) in [5, 5.41) is 10.2. The molecular formula is C13H9Cl2NO2S. The van der Waals surface area contributed by atoms with Crippen molar-refractivity contribution in [1.29, 1.82) is 0 Å². The molecule has 0 bridgehead atoms. The van der Waals surface area contributed by atoms with Gasteiger partial charge in [-0.25, -0.2) is 4.79 Å². The van der Waals surface area contributed by atoms with Crippen molar-refractivity contribution in [3.63, 3.8) is 0 Å². The summed E-state index contributed by atoms with van der Waals surface area (Å²) in [5.74, 6) is -1.03. The van der Waals surface area contributed by atoms with Crippen molar-refractivity contribution in [2.75, 3.05) is 5.73 Å². The molecule has 2 aromatic carbocycles. The van der Waals surface area contributed by atoms with E-state index in [1.54, 1.807) is 30.3 Å². The smallest absolute Gasteiger partial charge is 0.336 e. The highest BCUT2D eigenvalue weighted by atomic mass is 35.5. The Balaban J connectivity index is 2.49. The standard InChI is InChI=1S/C13H9Cl2NO2S/c14-7-4-5-9(15)11(6-7)19-12-8(13(17)18)2-1-3-10(12)16/h1-6H,16H2,(H,17,18). The molecule has 98 valence electrons. The molecule has 3 N–H and O–H groups in total. The molecule has 0 heterocycles. The maximum atomic E-state index is 11.2. The van der Waals surface area contributed by atoms with E-state index in [2.05, 4.69) is 0 Å². The summed E-state index contributed by atoms with van der Waals surface area (Å²) in [7, 11) is 0. The minimum absolute atomic E-state index is 0.140. The van der Waals surface area contributed by atoms with Gasteiger partial charge in [0.1, 0.15) is 0 Å². The van der Waals surface area contributed by atoms with Gasteiger partial charge in [-0.15, -0.1) is 0 Å². The van der Waals surface area contributed by atoms with Crippen molar-refractivity contribution in [3.05, 3.63) is 52.0 Å². The fourth-order valence-corrected chi connectivity index (χ4v) is 3.00. The van der Waals surface area contributed by atoms with E-state index in [9.17, 15) is 4.79 Å². The van der Waals surface area contributed by atoms with Gasteiger partial charge in [-0.05, 0) is 30.3 Å². The van der Waals surface area contributed by atoms with Crippen LogP contribution < -0.4 is 5.73 Å². The summed E-state index contributed by atoms with van der Waals surface area (Å²) in [6, 6.07) is 9.74.